The smallest absolute Gasteiger partial charge is 0.425 e. The minimum absolute atomic E-state index is 0.0401. The molecule has 0 atom stereocenters. The molecule has 4 rings (SSSR count). The average molecular weight is 709 g/mol. The molecular weight excluding hydrogens is 668 g/mol. The molecule has 0 saturated heterocycles. The standard InChI is InChI=1S/C34H40N6O9S/c1-20(2)50(45,46)24-14-15-26(35-18-24)23-16-25(27(36-17-23)40(31(43)48-33(3,4)5)32(44)49-34(6,7)8)29-38-37-28(47-29)22-12-10-21(11-13-22)19-39(9)30(41)42/h10-18,20H,19H2,1-9H3,(H,41,42). The topological polar surface area (TPSA) is 195 Å². The summed E-state index contributed by atoms with van der Waals surface area (Å²) in [4.78, 5) is 49.0. The molecule has 0 unspecified atom stereocenters. The first-order valence-electron chi connectivity index (χ1n) is 15.5. The molecule has 50 heavy (non-hydrogen) atoms. The van der Waals surface area contributed by atoms with Crippen LogP contribution in [-0.4, -0.2) is 80.4 Å². The number of pyridine rings is 2. The fraction of sp³-hybridized carbons (Fsp3) is 0.382. The van der Waals surface area contributed by atoms with Crippen LogP contribution < -0.4 is 4.90 Å². The van der Waals surface area contributed by atoms with Crippen molar-refractivity contribution in [2.75, 3.05) is 11.9 Å². The van der Waals surface area contributed by atoms with Crippen molar-refractivity contribution in [1.29, 1.82) is 0 Å². The van der Waals surface area contributed by atoms with Crippen LogP contribution in [0, 0.1) is 0 Å². The normalized spacial score (nSPS) is 12.0. The lowest BCUT2D eigenvalue weighted by Crippen LogP contribution is -2.44. The first-order chi connectivity index (χ1) is 23.2. The Labute approximate surface area is 290 Å². The van der Waals surface area contributed by atoms with Gasteiger partial charge in [0, 0.05) is 37.1 Å². The average Bonchev–Trinajstić information content (AvgIpc) is 3.50. The Morgan fingerprint density at radius 2 is 1.42 bits per heavy atom. The number of nitrogens with zero attached hydrogens (tertiary/aromatic N) is 6. The monoisotopic (exact) mass is 708 g/mol. The van der Waals surface area contributed by atoms with E-state index < -0.39 is 44.6 Å². The number of aromatic nitrogens is 4. The van der Waals surface area contributed by atoms with E-state index in [1.54, 1.807) is 79.7 Å². The first kappa shape index (κ1) is 37.4. The van der Waals surface area contributed by atoms with Gasteiger partial charge in [0.2, 0.25) is 5.89 Å². The Bertz CT molecular complexity index is 1950. The van der Waals surface area contributed by atoms with Crippen LogP contribution in [0.25, 0.3) is 34.2 Å². The number of carboxylic acid groups (broad SMARTS) is 1. The molecular formula is C34H40N6O9S. The quantitative estimate of drug-likeness (QED) is 0.200. The highest BCUT2D eigenvalue weighted by molar-refractivity contribution is 7.92. The molecule has 0 aliphatic heterocycles. The predicted octanol–water partition coefficient (Wildman–Crippen LogP) is 6.83. The second kappa shape index (κ2) is 14.2. The zero-order valence-electron chi connectivity index (χ0n) is 29.3. The molecule has 0 bridgehead atoms. The Balaban J connectivity index is 1.85. The molecule has 0 aliphatic rings. The molecule has 266 valence electrons. The second-order valence-electron chi connectivity index (χ2n) is 13.6. The van der Waals surface area contributed by atoms with Gasteiger partial charge in [0.25, 0.3) is 5.89 Å². The van der Waals surface area contributed by atoms with E-state index in [-0.39, 0.29) is 34.6 Å². The van der Waals surface area contributed by atoms with Gasteiger partial charge in [-0.1, -0.05) is 12.1 Å². The Kier molecular flexibility index (Phi) is 10.7. The lowest BCUT2D eigenvalue weighted by Gasteiger charge is -2.28. The van der Waals surface area contributed by atoms with Gasteiger partial charge in [0.15, 0.2) is 15.7 Å². The van der Waals surface area contributed by atoms with Gasteiger partial charge in [-0.15, -0.1) is 10.2 Å². The van der Waals surface area contributed by atoms with E-state index >= 15 is 0 Å². The van der Waals surface area contributed by atoms with Crippen molar-refractivity contribution in [3.05, 3.63) is 60.4 Å². The van der Waals surface area contributed by atoms with Crippen LogP contribution in [0.4, 0.5) is 20.2 Å². The highest BCUT2D eigenvalue weighted by Gasteiger charge is 2.36. The summed E-state index contributed by atoms with van der Waals surface area (Å²) in [6.07, 6.45) is -0.619. The second-order valence-corrected chi connectivity index (χ2v) is 16.1. The number of imide groups is 1. The Hall–Kier alpha value is -5.38. The van der Waals surface area contributed by atoms with Crippen LogP contribution in [0.2, 0.25) is 0 Å². The molecule has 0 fully saturated rings. The van der Waals surface area contributed by atoms with E-state index in [9.17, 15) is 27.9 Å². The van der Waals surface area contributed by atoms with Gasteiger partial charge in [0.1, 0.15) is 11.2 Å². The maximum atomic E-state index is 13.6. The van der Waals surface area contributed by atoms with Crippen LogP contribution in [0.1, 0.15) is 61.0 Å². The first-order valence-corrected chi connectivity index (χ1v) is 17.0. The van der Waals surface area contributed by atoms with E-state index in [1.807, 2.05) is 0 Å². The molecule has 0 spiro atoms. The molecule has 0 aliphatic carbocycles. The lowest BCUT2D eigenvalue weighted by molar-refractivity contribution is 0.0429. The fourth-order valence-electron chi connectivity index (χ4n) is 4.33. The van der Waals surface area contributed by atoms with Gasteiger partial charge in [-0.05, 0) is 91.3 Å². The van der Waals surface area contributed by atoms with Gasteiger partial charge < -0.3 is 23.9 Å². The Morgan fingerprint density at radius 1 is 0.840 bits per heavy atom. The molecule has 3 aromatic heterocycles. The number of hydrogen-bond donors (Lipinski definition) is 1. The maximum Gasteiger partial charge on any atom is 0.425 e. The van der Waals surface area contributed by atoms with E-state index in [0.29, 0.717) is 21.7 Å². The van der Waals surface area contributed by atoms with E-state index in [0.717, 1.165) is 10.5 Å². The van der Waals surface area contributed by atoms with Crippen LogP contribution in [-0.2, 0) is 25.9 Å². The third kappa shape index (κ3) is 8.99. The van der Waals surface area contributed by atoms with Crippen molar-refractivity contribution in [3.8, 4) is 34.2 Å². The molecule has 16 heteroatoms. The molecule has 0 radical (unpaired) electrons. The number of benzene rings is 1. The summed E-state index contributed by atoms with van der Waals surface area (Å²) < 4.78 is 42.5. The van der Waals surface area contributed by atoms with Crippen molar-refractivity contribution < 1.29 is 41.8 Å². The summed E-state index contributed by atoms with van der Waals surface area (Å²) >= 11 is 0. The van der Waals surface area contributed by atoms with Gasteiger partial charge >= 0.3 is 18.3 Å². The van der Waals surface area contributed by atoms with Crippen molar-refractivity contribution in [1.82, 2.24) is 25.1 Å². The zero-order valence-corrected chi connectivity index (χ0v) is 30.1. The molecule has 1 N–H and O–H groups in total. The van der Waals surface area contributed by atoms with Gasteiger partial charge in [-0.2, -0.15) is 4.90 Å². The summed E-state index contributed by atoms with van der Waals surface area (Å²) in [5.74, 6) is -0.286. The Morgan fingerprint density at radius 3 is 1.92 bits per heavy atom. The van der Waals surface area contributed by atoms with Crippen molar-refractivity contribution in [3.63, 3.8) is 0 Å². The molecule has 3 heterocycles. The van der Waals surface area contributed by atoms with Crippen LogP contribution in [0.3, 0.4) is 0 Å². The molecule has 0 saturated carbocycles. The minimum atomic E-state index is -3.58. The number of carbonyl (C=O) groups excluding carboxylic acids is 2. The maximum absolute atomic E-state index is 13.6. The van der Waals surface area contributed by atoms with Crippen LogP contribution in [0.5, 0.6) is 0 Å². The highest BCUT2D eigenvalue weighted by atomic mass is 32.2. The van der Waals surface area contributed by atoms with E-state index in [4.69, 9.17) is 13.9 Å². The third-order valence-corrected chi connectivity index (χ3v) is 8.95. The van der Waals surface area contributed by atoms with Gasteiger partial charge in [0.05, 0.1) is 21.4 Å². The van der Waals surface area contributed by atoms with Crippen molar-refractivity contribution >= 4 is 33.9 Å². The zero-order chi connectivity index (χ0) is 37.2. The van der Waals surface area contributed by atoms with Crippen LogP contribution >= 0.6 is 0 Å². The predicted molar refractivity (Wildman–Crippen MR) is 183 cm³/mol. The molecule has 3 amide bonds. The summed E-state index contributed by atoms with van der Waals surface area (Å²) in [6.45, 7) is 13.1. The largest absolute Gasteiger partial charge is 0.465 e. The van der Waals surface area contributed by atoms with Crippen molar-refractivity contribution in [2.45, 2.75) is 83.3 Å². The number of sulfone groups is 1. The van der Waals surface area contributed by atoms with E-state index in [2.05, 4.69) is 20.2 Å². The lowest BCUT2D eigenvalue weighted by atomic mass is 10.1. The van der Waals surface area contributed by atoms with Gasteiger partial charge in [-0.3, -0.25) is 4.98 Å². The number of anilines is 1. The third-order valence-electron chi connectivity index (χ3n) is 6.81. The number of amides is 3. The van der Waals surface area contributed by atoms with Gasteiger partial charge in [-0.25, -0.2) is 27.8 Å². The number of rotatable bonds is 8. The summed E-state index contributed by atoms with van der Waals surface area (Å²) in [5.41, 5.74) is -0.0182. The number of hydrogen-bond acceptors (Lipinski definition) is 12. The fourth-order valence-corrected chi connectivity index (χ4v) is 5.33. The summed E-state index contributed by atoms with van der Waals surface area (Å²) in [7, 11) is -2.13. The minimum Gasteiger partial charge on any atom is -0.465 e. The van der Waals surface area contributed by atoms with Crippen molar-refractivity contribution in [2.24, 2.45) is 0 Å². The molecule has 15 nitrogen and oxygen atoms in total. The van der Waals surface area contributed by atoms with Crippen LogP contribution in [0.15, 0.2) is 64.2 Å². The number of carbonyl (C=O) groups is 3. The SMILES string of the molecule is CC(C)S(=O)(=O)c1ccc(-c2cnc(N(C(=O)OC(C)(C)C)C(=O)OC(C)(C)C)c(-c3nnc(-c4ccc(CN(C)C(=O)O)cc4)o3)c2)nc1. The summed E-state index contributed by atoms with van der Waals surface area (Å²) in [5, 5.41) is 16.9. The van der Waals surface area contributed by atoms with E-state index in [1.165, 1.54) is 37.6 Å². The number of ether oxygens (including phenoxy) is 2. The highest BCUT2D eigenvalue weighted by Crippen LogP contribution is 2.35. The summed E-state index contributed by atoms with van der Waals surface area (Å²) in [6, 6.07) is 11.3. The molecule has 4 aromatic rings. The molecule has 1 aromatic carbocycles.